The average Bonchev–Trinajstić information content (AvgIpc) is 2.97. The lowest BCUT2D eigenvalue weighted by atomic mass is 10.1. The van der Waals surface area contributed by atoms with E-state index in [4.69, 9.17) is 29.0 Å². The molecule has 0 radical (unpaired) electrons. The summed E-state index contributed by atoms with van der Waals surface area (Å²) in [5.41, 5.74) is 0.708. The number of nitrogens with zero attached hydrogens (tertiary/aromatic N) is 2. The third-order valence-electron chi connectivity index (χ3n) is 6.07. The Morgan fingerprint density at radius 2 is 1.41 bits per heavy atom. The highest BCUT2D eigenvalue weighted by Crippen LogP contribution is 2.43. The van der Waals surface area contributed by atoms with Gasteiger partial charge in [-0.3, -0.25) is 9.27 Å². The monoisotopic (exact) mass is 703 g/mol. The molecule has 0 unspecified atom stereocenters. The Hall–Kier alpha value is -4.87. The smallest absolute Gasteiger partial charge is 0.425 e. The molecule has 5 aromatic carbocycles. The van der Waals surface area contributed by atoms with Gasteiger partial charge in [0.1, 0.15) is 17.1 Å². The molecule has 0 aliphatic rings. The van der Waals surface area contributed by atoms with Crippen molar-refractivity contribution in [2.75, 3.05) is 4.72 Å². The number of nitrogens with one attached hydrogen (secondary N) is 1. The highest BCUT2D eigenvalue weighted by Gasteiger charge is 2.22. The van der Waals surface area contributed by atoms with Crippen LogP contribution in [0.2, 0.25) is 5.02 Å². The summed E-state index contributed by atoms with van der Waals surface area (Å²) >= 11 is 6.16. The Morgan fingerprint density at radius 3 is 2.04 bits per heavy atom. The molecule has 0 saturated carbocycles. The number of aromatic hydroxyl groups is 1. The van der Waals surface area contributed by atoms with Crippen LogP contribution < -0.4 is 9.46 Å². The summed E-state index contributed by atoms with van der Waals surface area (Å²) in [6.07, 6.45) is 0. The number of phenols is 1. The number of anilines is 1. The maximum absolute atomic E-state index is 13.2. The van der Waals surface area contributed by atoms with Gasteiger partial charge in [0.05, 0.1) is 20.9 Å². The van der Waals surface area contributed by atoms with Gasteiger partial charge in [-0.05, 0) is 73.0 Å². The van der Waals surface area contributed by atoms with E-state index in [1.807, 2.05) is 6.07 Å². The lowest BCUT2D eigenvalue weighted by Gasteiger charge is -2.14. The van der Waals surface area contributed by atoms with Crippen molar-refractivity contribution in [3.63, 3.8) is 0 Å². The Bertz CT molecular complexity index is 2280. The number of halogens is 1. The number of azo groups is 1. The van der Waals surface area contributed by atoms with Gasteiger partial charge < -0.3 is 9.84 Å². The zero-order chi connectivity index (χ0) is 33.6. The van der Waals surface area contributed by atoms with E-state index in [2.05, 4.69) is 15.0 Å². The van der Waals surface area contributed by atoms with Gasteiger partial charge >= 0.3 is 10.6 Å². The topological polar surface area (TPSA) is 206 Å². The second kappa shape index (κ2) is 14.1. The molecular weight excluding hydrogens is 682 g/mol. The lowest BCUT2D eigenvalue weighted by molar-refractivity contribution is 0.480. The van der Waals surface area contributed by atoms with Crippen LogP contribution in [-0.4, -0.2) is 39.1 Å². The minimum absolute atomic E-state index is 0.0662. The first-order valence-corrected chi connectivity index (χ1v) is 17.0. The molecule has 3 N–H and O–H groups in total. The van der Waals surface area contributed by atoms with Crippen molar-refractivity contribution in [1.29, 1.82) is 0 Å². The third kappa shape index (κ3) is 8.64. The molecule has 0 bridgehead atoms. The molecule has 0 heterocycles. The van der Waals surface area contributed by atoms with Crippen LogP contribution >= 0.6 is 11.6 Å². The molecule has 5 rings (SSSR count). The van der Waals surface area contributed by atoms with Crippen LogP contribution in [-0.2, 0) is 30.8 Å². The van der Waals surface area contributed by atoms with E-state index >= 15 is 0 Å². The quantitative estimate of drug-likeness (QED) is 0.114. The fraction of sp³-hybridized carbons (Fsp3) is 0.0345. The molecule has 5 aromatic rings. The van der Waals surface area contributed by atoms with Crippen molar-refractivity contribution in [1.82, 2.24) is 0 Å². The van der Waals surface area contributed by atoms with Gasteiger partial charge in [0.2, 0.25) is 0 Å². The first kappa shape index (κ1) is 34.0. The molecule has 238 valence electrons. The Labute approximate surface area is 269 Å². The second-order valence-corrected chi connectivity index (χ2v) is 13.3. The van der Waals surface area contributed by atoms with Gasteiger partial charge in [0, 0.05) is 5.02 Å². The van der Waals surface area contributed by atoms with Gasteiger partial charge in [-0.1, -0.05) is 53.6 Å². The number of phenolic OH excluding ortho intramolecular Hbond substituents is 1. The number of sulfonamides is 1. The van der Waals surface area contributed by atoms with Crippen molar-refractivity contribution in [3.05, 3.63) is 108 Å². The largest absolute Gasteiger partial charge is 0.505 e. The van der Waals surface area contributed by atoms with E-state index in [-0.39, 0.29) is 32.7 Å². The SMILES string of the molecule is Cc1ccc(S(=O)(=O)Nc2cc(S(=O)(=O)O)cc3ccc(N=Nc4cc(Cl)ccc4Oc4ccccc4)c(O)c23)cc1.O=S(=O)=O. The maximum Gasteiger partial charge on any atom is 0.425 e. The Kier molecular flexibility index (Phi) is 10.4. The number of ether oxygens (including phenoxy) is 1. The summed E-state index contributed by atoms with van der Waals surface area (Å²) in [5, 5.41) is 19.9. The second-order valence-electron chi connectivity index (χ2n) is 9.33. The van der Waals surface area contributed by atoms with Crippen molar-refractivity contribution in [2.45, 2.75) is 16.7 Å². The third-order valence-corrected chi connectivity index (χ3v) is 8.52. The van der Waals surface area contributed by atoms with E-state index in [1.54, 1.807) is 55.5 Å². The maximum atomic E-state index is 13.2. The highest BCUT2D eigenvalue weighted by atomic mass is 35.5. The molecule has 0 aromatic heterocycles. The molecule has 0 spiro atoms. The van der Waals surface area contributed by atoms with Crippen LogP contribution in [0.3, 0.4) is 0 Å². The summed E-state index contributed by atoms with van der Waals surface area (Å²) in [7, 11) is -12.1. The van der Waals surface area contributed by atoms with Crippen LogP contribution in [0.1, 0.15) is 5.56 Å². The molecular formula is C29H22ClN3O10S3. The van der Waals surface area contributed by atoms with E-state index in [0.717, 1.165) is 17.7 Å². The van der Waals surface area contributed by atoms with Crippen molar-refractivity contribution < 1.29 is 43.9 Å². The number of rotatable bonds is 8. The van der Waals surface area contributed by atoms with E-state index < -0.39 is 41.4 Å². The number of fused-ring (bicyclic) bond motifs is 1. The summed E-state index contributed by atoms with van der Waals surface area (Å²) in [6, 6.07) is 24.4. The normalized spacial score (nSPS) is 11.5. The van der Waals surface area contributed by atoms with Crippen LogP contribution in [0.15, 0.2) is 117 Å². The minimum Gasteiger partial charge on any atom is -0.505 e. The van der Waals surface area contributed by atoms with E-state index in [0.29, 0.717) is 16.5 Å². The molecule has 17 heteroatoms. The predicted molar refractivity (Wildman–Crippen MR) is 169 cm³/mol. The molecule has 0 atom stereocenters. The summed E-state index contributed by atoms with van der Waals surface area (Å²) in [4.78, 5) is -0.673. The zero-order valence-electron chi connectivity index (χ0n) is 23.4. The Balaban J connectivity index is 0.00000113. The molecule has 0 aliphatic heterocycles. The molecule has 0 fully saturated rings. The zero-order valence-corrected chi connectivity index (χ0v) is 26.6. The van der Waals surface area contributed by atoms with E-state index in [9.17, 15) is 26.5 Å². The van der Waals surface area contributed by atoms with Gasteiger partial charge in [0.25, 0.3) is 20.1 Å². The lowest BCUT2D eigenvalue weighted by Crippen LogP contribution is -2.14. The van der Waals surface area contributed by atoms with Crippen LogP contribution in [0.4, 0.5) is 17.1 Å². The van der Waals surface area contributed by atoms with Crippen molar-refractivity contribution >= 4 is 70.2 Å². The van der Waals surface area contributed by atoms with Gasteiger partial charge in [0.15, 0.2) is 11.5 Å². The first-order chi connectivity index (χ1) is 21.6. The fourth-order valence-corrected chi connectivity index (χ4v) is 5.79. The number of aryl methyl sites for hydroxylation is 1. The van der Waals surface area contributed by atoms with Gasteiger partial charge in [-0.15, -0.1) is 22.9 Å². The number of para-hydroxylation sites is 1. The van der Waals surface area contributed by atoms with Gasteiger partial charge in [-0.25, -0.2) is 8.42 Å². The molecule has 13 nitrogen and oxygen atoms in total. The van der Waals surface area contributed by atoms with Gasteiger partial charge in [-0.2, -0.15) is 8.42 Å². The minimum atomic E-state index is -4.73. The highest BCUT2D eigenvalue weighted by molar-refractivity contribution is 7.92. The number of hydrogen-bond donors (Lipinski definition) is 3. The van der Waals surface area contributed by atoms with E-state index in [1.165, 1.54) is 30.3 Å². The molecule has 0 saturated heterocycles. The predicted octanol–water partition coefficient (Wildman–Crippen LogP) is 6.76. The fourth-order valence-electron chi connectivity index (χ4n) is 4.02. The van der Waals surface area contributed by atoms with Crippen molar-refractivity contribution in [2.24, 2.45) is 10.2 Å². The Morgan fingerprint density at radius 1 is 0.783 bits per heavy atom. The first-order valence-electron chi connectivity index (χ1n) is 12.7. The average molecular weight is 704 g/mol. The number of benzene rings is 5. The molecule has 0 amide bonds. The summed E-state index contributed by atoms with van der Waals surface area (Å²) in [5.74, 6) is 0.385. The summed E-state index contributed by atoms with van der Waals surface area (Å²) in [6.45, 7) is 1.79. The van der Waals surface area contributed by atoms with Crippen LogP contribution in [0.5, 0.6) is 17.2 Å². The van der Waals surface area contributed by atoms with Crippen LogP contribution in [0.25, 0.3) is 10.8 Å². The molecule has 46 heavy (non-hydrogen) atoms. The van der Waals surface area contributed by atoms with Crippen molar-refractivity contribution in [3.8, 4) is 17.2 Å². The van der Waals surface area contributed by atoms with Crippen LogP contribution in [0, 0.1) is 6.92 Å². The summed E-state index contributed by atoms with van der Waals surface area (Å²) < 4.78 is 93.5. The number of hydrogen-bond acceptors (Lipinski definition) is 11. The molecule has 0 aliphatic carbocycles. The standard InChI is InChI=1S/C29H22ClN3O7S2.O3S/c1-18-7-11-22(12-8-18)41(35,36)33-26-17-23(42(37,38)39)15-19-9-13-24(29(34)28(19)26)31-32-25-16-20(30)10-14-27(25)40-21-5-3-2-4-6-21;1-4(2)3/h2-17,33-34H,1H3,(H,37,38,39);.